The molecule has 1 aliphatic rings. The van der Waals surface area contributed by atoms with E-state index in [4.69, 9.17) is 5.11 Å². The maximum Gasteiger partial charge on any atom is 0.308 e. The van der Waals surface area contributed by atoms with E-state index in [-0.39, 0.29) is 18.9 Å². The Bertz CT molecular complexity index is 649. The zero-order valence-electron chi connectivity index (χ0n) is 11.3. The molecule has 1 saturated heterocycles. The molecular weight excluding hydrogens is 270 g/mol. The van der Waals surface area contributed by atoms with Gasteiger partial charge in [-0.3, -0.25) is 14.3 Å². The van der Waals surface area contributed by atoms with Crippen molar-refractivity contribution < 1.29 is 14.7 Å². The highest BCUT2D eigenvalue weighted by Crippen LogP contribution is 2.25. The van der Waals surface area contributed by atoms with Crippen molar-refractivity contribution in [2.24, 2.45) is 5.92 Å². The van der Waals surface area contributed by atoms with Gasteiger partial charge < -0.3 is 10.0 Å². The Labute approximate surface area is 121 Å². The van der Waals surface area contributed by atoms with Crippen LogP contribution in [0.4, 0.5) is 5.69 Å². The average molecular weight is 285 g/mol. The third-order valence-corrected chi connectivity index (χ3v) is 3.63. The Hall–Kier alpha value is -2.63. The van der Waals surface area contributed by atoms with Gasteiger partial charge in [0.1, 0.15) is 0 Å². The summed E-state index contributed by atoms with van der Waals surface area (Å²) >= 11 is 0. The number of carbonyl (C=O) groups is 2. The van der Waals surface area contributed by atoms with Gasteiger partial charge in [-0.1, -0.05) is 12.1 Å². The number of benzene rings is 1. The van der Waals surface area contributed by atoms with Crippen LogP contribution >= 0.6 is 0 Å². The van der Waals surface area contributed by atoms with Crippen molar-refractivity contribution in [1.29, 1.82) is 0 Å². The lowest BCUT2D eigenvalue weighted by Crippen LogP contribution is -2.25. The Morgan fingerprint density at radius 2 is 2.10 bits per heavy atom. The predicted octanol–water partition coefficient (Wildman–Crippen LogP) is 1.37. The van der Waals surface area contributed by atoms with Crippen LogP contribution in [-0.2, 0) is 16.1 Å². The number of aliphatic carboxylic acids is 1. The minimum atomic E-state index is -0.916. The quantitative estimate of drug-likeness (QED) is 0.920. The largest absolute Gasteiger partial charge is 0.481 e. The number of hydrogen-bond donors (Lipinski definition) is 1. The molecule has 1 amide bonds. The molecule has 6 nitrogen and oxygen atoms in total. The fourth-order valence-electron chi connectivity index (χ4n) is 2.48. The predicted molar refractivity (Wildman–Crippen MR) is 75.9 cm³/mol. The van der Waals surface area contributed by atoms with E-state index in [0.29, 0.717) is 6.54 Å². The molecule has 1 aliphatic heterocycles. The van der Waals surface area contributed by atoms with Crippen LogP contribution in [0.5, 0.6) is 0 Å². The number of aromatic nitrogens is 2. The third kappa shape index (κ3) is 2.79. The third-order valence-electron chi connectivity index (χ3n) is 3.63. The second-order valence-corrected chi connectivity index (χ2v) is 5.11. The lowest BCUT2D eigenvalue weighted by Gasteiger charge is -2.16. The number of anilines is 1. The van der Waals surface area contributed by atoms with Gasteiger partial charge in [0.25, 0.3) is 0 Å². The molecule has 0 bridgehead atoms. The Kier molecular flexibility index (Phi) is 3.43. The molecule has 3 rings (SSSR count). The molecule has 2 aromatic rings. The number of amides is 1. The monoisotopic (exact) mass is 285 g/mol. The highest BCUT2D eigenvalue weighted by Gasteiger charge is 2.34. The molecule has 1 unspecified atom stereocenters. The summed E-state index contributed by atoms with van der Waals surface area (Å²) < 4.78 is 1.82. The van der Waals surface area contributed by atoms with E-state index < -0.39 is 11.9 Å². The van der Waals surface area contributed by atoms with Crippen molar-refractivity contribution in [2.45, 2.75) is 13.0 Å². The topological polar surface area (TPSA) is 75.4 Å². The molecular formula is C15H15N3O3. The normalized spacial score (nSPS) is 18.2. The number of carboxylic acids is 1. The van der Waals surface area contributed by atoms with Crippen LogP contribution in [0.25, 0.3) is 0 Å². The van der Waals surface area contributed by atoms with Crippen LogP contribution in [0.2, 0.25) is 0 Å². The molecule has 0 aliphatic carbocycles. The van der Waals surface area contributed by atoms with Gasteiger partial charge in [-0.2, -0.15) is 5.10 Å². The number of carboxylic acid groups (broad SMARTS) is 1. The highest BCUT2D eigenvalue weighted by atomic mass is 16.4. The molecule has 2 heterocycles. The molecule has 6 heteroatoms. The van der Waals surface area contributed by atoms with Gasteiger partial charge >= 0.3 is 5.97 Å². The van der Waals surface area contributed by atoms with E-state index in [1.807, 2.05) is 41.2 Å². The molecule has 1 fully saturated rings. The number of rotatable bonds is 4. The standard InChI is InChI=1S/C15H15N3O3/c19-14-8-12(15(20)21)10-18(14)13-4-2-11(3-5-13)9-17-7-1-6-16-17/h1-7,12H,8-10H2,(H,20,21). The fourth-order valence-corrected chi connectivity index (χ4v) is 2.48. The van der Waals surface area contributed by atoms with Crippen molar-refractivity contribution >= 4 is 17.6 Å². The van der Waals surface area contributed by atoms with E-state index in [1.54, 1.807) is 6.20 Å². The molecule has 108 valence electrons. The van der Waals surface area contributed by atoms with Gasteiger partial charge in [0, 0.05) is 31.0 Å². The molecule has 1 aromatic carbocycles. The summed E-state index contributed by atoms with van der Waals surface area (Å²) in [6.07, 6.45) is 3.68. The summed E-state index contributed by atoms with van der Waals surface area (Å²) in [6, 6.07) is 9.42. The van der Waals surface area contributed by atoms with Crippen molar-refractivity contribution in [3.63, 3.8) is 0 Å². The van der Waals surface area contributed by atoms with Crippen molar-refractivity contribution in [2.75, 3.05) is 11.4 Å². The van der Waals surface area contributed by atoms with Crippen LogP contribution in [0.1, 0.15) is 12.0 Å². The van der Waals surface area contributed by atoms with Gasteiger partial charge in [-0.05, 0) is 23.8 Å². The minimum Gasteiger partial charge on any atom is -0.481 e. The number of hydrogen-bond acceptors (Lipinski definition) is 3. The minimum absolute atomic E-state index is 0.0738. The first-order valence-corrected chi connectivity index (χ1v) is 6.73. The first-order chi connectivity index (χ1) is 10.1. The van der Waals surface area contributed by atoms with Gasteiger partial charge in [0.05, 0.1) is 12.5 Å². The maximum absolute atomic E-state index is 11.9. The van der Waals surface area contributed by atoms with E-state index >= 15 is 0 Å². The van der Waals surface area contributed by atoms with Crippen LogP contribution in [0, 0.1) is 5.92 Å². The van der Waals surface area contributed by atoms with Crippen molar-refractivity contribution in [3.05, 3.63) is 48.3 Å². The molecule has 1 aromatic heterocycles. The Balaban J connectivity index is 1.72. The van der Waals surface area contributed by atoms with Gasteiger partial charge in [0.15, 0.2) is 0 Å². The summed E-state index contributed by atoms with van der Waals surface area (Å²) in [5.41, 5.74) is 1.82. The zero-order valence-corrected chi connectivity index (χ0v) is 11.3. The fraction of sp³-hybridized carbons (Fsp3) is 0.267. The Morgan fingerprint density at radius 3 is 2.67 bits per heavy atom. The van der Waals surface area contributed by atoms with E-state index in [0.717, 1.165) is 11.3 Å². The summed E-state index contributed by atoms with van der Waals surface area (Å²) in [6.45, 7) is 0.908. The SMILES string of the molecule is O=C(O)C1CC(=O)N(c2ccc(Cn3cccn3)cc2)C1. The smallest absolute Gasteiger partial charge is 0.308 e. The number of carbonyl (C=O) groups excluding carboxylic acids is 1. The lowest BCUT2D eigenvalue weighted by atomic mass is 10.1. The average Bonchev–Trinajstić information content (AvgIpc) is 3.09. The zero-order chi connectivity index (χ0) is 14.8. The van der Waals surface area contributed by atoms with Gasteiger partial charge in [0.2, 0.25) is 5.91 Å². The van der Waals surface area contributed by atoms with Crippen molar-refractivity contribution in [3.8, 4) is 0 Å². The second-order valence-electron chi connectivity index (χ2n) is 5.11. The molecule has 0 spiro atoms. The number of nitrogens with zero attached hydrogens (tertiary/aromatic N) is 3. The van der Waals surface area contributed by atoms with E-state index in [1.165, 1.54) is 4.90 Å². The van der Waals surface area contributed by atoms with Crippen LogP contribution in [0.15, 0.2) is 42.7 Å². The maximum atomic E-state index is 11.9. The van der Waals surface area contributed by atoms with Gasteiger partial charge in [-0.15, -0.1) is 0 Å². The molecule has 0 radical (unpaired) electrons. The van der Waals surface area contributed by atoms with Crippen molar-refractivity contribution in [1.82, 2.24) is 9.78 Å². The summed E-state index contributed by atoms with van der Waals surface area (Å²) in [5.74, 6) is -1.66. The molecule has 21 heavy (non-hydrogen) atoms. The second kappa shape index (κ2) is 5.40. The van der Waals surface area contributed by atoms with E-state index in [9.17, 15) is 9.59 Å². The first-order valence-electron chi connectivity index (χ1n) is 6.73. The van der Waals surface area contributed by atoms with Crippen LogP contribution < -0.4 is 4.90 Å². The van der Waals surface area contributed by atoms with Crippen LogP contribution in [0.3, 0.4) is 0 Å². The molecule has 0 saturated carbocycles. The Morgan fingerprint density at radius 1 is 1.33 bits per heavy atom. The van der Waals surface area contributed by atoms with E-state index in [2.05, 4.69) is 5.10 Å². The van der Waals surface area contributed by atoms with Crippen LogP contribution in [-0.4, -0.2) is 33.3 Å². The summed E-state index contributed by atoms with van der Waals surface area (Å²) in [5, 5.41) is 13.1. The summed E-state index contributed by atoms with van der Waals surface area (Å²) in [4.78, 5) is 24.4. The first kappa shape index (κ1) is 13.4. The highest BCUT2D eigenvalue weighted by molar-refractivity contribution is 5.99. The molecule has 1 N–H and O–H groups in total. The van der Waals surface area contributed by atoms with Gasteiger partial charge in [-0.25, -0.2) is 0 Å². The molecule has 1 atom stereocenters. The summed E-state index contributed by atoms with van der Waals surface area (Å²) in [7, 11) is 0. The lowest BCUT2D eigenvalue weighted by molar-refractivity contribution is -0.141.